The molecule has 0 aliphatic carbocycles. The average Bonchev–Trinajstić information content (AvgIpc) is 2.63. The van der Waals surface area contributed by atoms with Gasteiger partial charge in [-0.3, -0.25) is 29.4 Å². The smallest absolute Gasteiger partial charge is 0.302 e. The maximum absolute atomic E-state index is 12.0. The van der Waals surface area contributed by atoms with Crippen molar-refractivity contribution in [3.05, 3.63) is 39.4 Å². The lowest BCUT2D eigenvalue weighted by atomic mass is 10.1. The van der Waals surface area contributed by atoms with Gasteiger partial charge in [0.25, 0.3) is 17.5 Å². The van der Waals surface area contributed by atoms with E-state index in [2.05, 4.69) is 4.74 Å². The minimum Gasteiger partial charge on any atom is -0.464 e. The molecule has 2 amide bonds. The van der Waals surface area contributed by atoms with Gasteiger partial charge in [0.05, 0.1) is 22.6 Å². The molecule has 1 aliphatic rings. The van der Waals surface area contributed by atoms with E-state index in [4.69, 9.17) is 0 Å². The number of amides is 2. The van der Waals surface area contributed by atoms with Gasteiger partial charge in [-0.25, -0.2) is 0 Å². The van der Waals surface area contributed by atoms with Crippen LogP contribution in [0.25, 0.3) is 0 Å². The molecule has 0 N–H and O–H groups in total. The number of hydrogen-bond donors (Lipinski definition) is 0. The molecule has 0 aromatic heterocycles. The Morgan fingerprint density at radius 2 is 1.95 bits per heavy atom. The number of ether oxygens (including phenoxy) is 1. The Hall–Kier alpha value is -2.77. The van der Waals surface area contributed by atoms with Crippen LogP contribution in [0.4, 0.5) is 5.69 Å². The number of imide groups is 1. The van der Waals surface area contributed by atoms with Gasteiger partial charge in [0.2, 0.25) is 0 Å². The number of nitro groups is 1. The van der Waals surface area contributed by atoms with Gasteiger partial charge in [0.15, 0.2) is 0 Å². The van der Waals surface area contributed by atoms with Crippen LogP contribution in [0.3, 0.4) is 0 Å². The molecule has 104 valence electrons. The molecule has 20 heavy (non-hydrogen) atoms. The summed E-state index contributed by atoms with van der Waals surface area (Å²) in [5.74, 6) is -1.69. The first kappa shape index (κ1) is 13.7. The van der Waals surface area contributed by atoms with Crippen LogP contribution in [0.15, 0.2) is 18.2 Å². The molecule has 0 radical (unpaired) electrons. The summed E-state index contributed by atoms with van der Waals surface area (Å²) >= 11 is 0. The number of benzene rings is 1. The minimum atomic E-state index is -0.639. The number of non-ortho nitro benzene ring substituents is 1. The summed E-state index contributed by atoms with van der Waals surface area (Å²) < 4.78 is 4.67. The average molecular weight is 278 g/mol. The lowest BCUT2D eigenvalue weighted by Gasteiger charge is -2.12. The Morgan fingerprint density at radius 1 is 1.30 bits per heavy atom. The third kappa shape index (κ3) is 2.35. The van der Waals surface area contributed by atoms with Crippen molar-refractivity contribution in [3.63, 3.8) is 0 Å². The largest absolute Gasteiger partial charge is 0.464 e. The molecule has 1 aliphatic heterocycles. The number of esters is 1. The summed E-state index contributed by atoms with van der Waals surface area (Å²) in [4.78, 5) is 45.5. The quantitative estimate of drug-likeness (QED) is 0.348. The highest BCUT2D eigenvalue weighted by molar-refractivity contribution is 6.21. The molecule has 0 fully saturated rings. The standard InChI is InChI=1S/C12H10N2O6/c1-7(15)20-5-4-13-11(16)9-3-2-8(14(18)19)6-10(9)12(13)17/h2-3,6H,4-5H2,1H3. The zero-order chi connectivity index (χ0) is 14.9. The molecule has 1 aromatic carbocycles. The molecule has 8 heteroatoms. The zero-order valence-corrected chi connectivity index (χ0v) is 10.5. The minimum absolute atomic E-state index is 0.00738. The van der Waals surface area contributed by atoms with Crippen LogP contribution < -0.4 is 0 Å². The topological polar surface area (TPSA) is 107 Å². The molecule has 8 nitrogen and oxygen atoms in total. The first-order valence-electron chi connectivity index (χ1n) is 5.70. The van der Waals surface area contributed by atoms with Gasteiger partial charge < -0.3 is 4.74 Å². The van der Waals surface area contributed by atoms with Crippen LogP contribution in [0.1, 0.15) is 27.6 Å². The fourth-order valence-electron chi connectivity index (χ4n) is 1.88. The summed E-state index contributed by atoms with van der Waals surface area (Å²) in [6, 6.07) is 3.49. The molecule has 1 heterocycles. The number of carbonyl (C=O) groups is 3. The predicted octanol–water partition coefficient (Wildman–Crippen LogP) is 0.754. The van der Waals surface area contributed by atoms with E-state index < -0.39 is 22.7 Å². The fraction of sp³-hybridized carbons (Fsp3) is 0.250. The summed E-state index contributed by atoms with van der Waals surface area (Å²) in [6.07, 6.45) is 0. The van der Waals surface area contributed by atoms with Gasteiger partial charge in [-0.2, -0.15) is 0 Å². The van der Waals surface area contributed by atoms with E-state index in [1.54, 1.807) is 0 Å². The number of hydrogen-bond acceptors (Lipinski definition) is 6. The van der Waals surface area contributed by atoms with Crippen molar-refractivity contribution in [3.8, 4) is 0 Å². The van der Waals surface area contributed by atoms with E-state index in [1.807, 2.05) is 0 Å². The van der Waals surface area contributed by atoms with E-state index >= 15 is 0 Å². The van der Waals surface area contributed by atoms with Gasteiger partial charge >= 0.3 is 5.97 Å². The van der Waals surface area contributed by atoms with E-state index in [1.165, 1.54) is 19.1 Å². The Balaban J connectivity index is 2.21. The maximum atomic E-state index is 12.0. The van der Waals surface area contributed by atoms with E-state index in [0.29, 0.717) is 0 Å². The number of fused-ring (bicyclic) bond motifs is 1. The third-order valence-electron chi connectivity index (χ3n) is 2.79. The SMILES string of the molecule is CC(=O)OCCN1C(=O)c2ccc([N+](=O)[O-])cc2C1=O. The highest BCUT2D eigenvalue weighted by Crippen LogP contribution is 2.26. The molecule has 0 saturated heterocycles. The number of carbonyl (C=O) groups excluding carboxylic acids is 3. The van der Waals surface area contributed by atoms with Crippen LogP contribution in [0.5, 0.6) is 0 Å². The van der Waals surface area contributed by atoms with E-state index in [9.17, 15) is 24.5 Å². The molecular weight excluding hydrogens is 268 g/mol. The van der Waals surface area contributed by atoms with Gasteiger partial charge in [-0.1, -0.05) is 0 Å². The molecule has 0 spiro atoms. The van der Waals surface area contributed by atoms with Crippen LogP contribution in [-0.2, 0) is 9.53 Å². The van der Waals surface area contributed by atoms with Crippen molar-refractivity contribution in [2.24, 2.45) is 0 Å². The number of rotatable bonds is 4. The second kappa shape index (κ2) is 5.08. The summed E-state index contributed by atoms with van der Waals surface area (Å²) in [5.41, 5.74) is -0.151. The van der Waals surface area contributed by atoms with Crippen LogP contribution >= 0.6 is 0 Å². The Labute approximate surface area is 113 Å². The lowest BCUT2D eigenvalue weighted by Crippen LogP contribution is -2.33. The number of nitrogens with zero attached hydrogens (tertiary/aromatic N) is 2. The molecular formula is C12H10N2O6. The van der Waals surface area contributed by atoms with Gasteiger partial charge in [0.1, 0.15) is 6.61 Å². The Bertz CT molecular complexity index is 624. The molecule has 0 unspecified atom stereocenters. The van der Waals surface area contributed by atoms with Crippen molar-refractivity contribution in [1.29, 1.82) is 0 Å². The van der Waals surface area contributed by atoms with Crippen LogP contribution in [0.2, 0.25) is 0 Å². The number of nitro benzene ring substituents is 1. The molecule has 0 saturated carbocycles. The monoisotopic (exact) mass is 278 g/mol. The van der Waals surface area contributed by atoms with E-state index in [-0.39, 0.29) is 30.0 Å². The molecule has 1 aromatic rings. The Kier molecular flexibility index (Phi) is 3.47. The van der Waals surface area contributed by atoms with Gasteiger partial charge in [0, 0.05) is 19.1 Å². The fourth-order valence-corrected chi connectivity index (χ4v) is 1.88. The Morgan fingerprint density at radius 3 is 2.55 bits per heavy atom. The third-order valence-corrected chi connectivity index (χ3v) is 2.79. The van der Waals surface area contributed by atoms with E-state index in [0.717, 1.165) is 11.0 Å². The van der Waals surface area contributed by atoms with Crippen molar-refractivity contribution in [2.45, 2.75) is 6.92 Å². The molecule has 0 atom stereocenters. The normalized spacial score (nSPS) is 13.3. The van der Waals surface area contributed by atoms with Crippen molar-refractivity contribution in [1.82, 2.24) is 4.90 Å². The lowest BCUT2D eigenvalue weighted by molar-refractivity contribution is -0.384. The zero-order valence-electron chi connectivity index (χ0n) is 10.5. The van der Waals surface area contributed by atoms with Gasteiger partial charge in [-0.05, 0) is 6.07 Å². The second-order valence-electron chi connectivity index (χ2n) is 4.09. The van der Waals surface area contributed by atoms with Crippen molar-refractivity contribution in [2.75, 3.05) is 13.2 Å². The van der Waals surface area contributed by atoms with Crippen LogP contribution in [0, 0.1) is 10.1 Å². The molecule has 0 bridgehead atoms. The van der Waals surface area contributed by atoms with Crippen molar-refractivity contribution < 1.29 is 24.0 Å². The first-order valence-corrected chi connectivity index (χ1v) is 5.70. The highest BCUT2D eigenvalue weighted by atomic mass is 16.6. The first-order chi connectivity index (χ1) is 9.41. The molecule has 2 rings (SSSR count). The van der Waals surface area contributed by atoms with Gasteiger partial charge in [-0.15, -0.1) is 0 Å². The van der Waals surface area contributed by atoms with Crippen molar-refractivity contribution >= 4 is 23.5 Å². The summed E-state index contributed by atoms with van der Waals surface area (Å²) in [7, 11) is 0. The second-order valence-corrected chi connectivity index (χ2v) is 4.09. The summed E-state index contributed by atoms with van der Waals surface area (Å²) in [6.45, 7) is 1.02. The predicted molar refractivity (Wildman–Crippen MR) is 65.1 cm³/mol. The summed E-state index contributed by atoms with van der Waals surface area (Å²) in [5, 5.41) is 10.7. The maximum Gasteiger partial charge on any atom is 0.302 e. The highest BCUT2D eigenvalue weighted by Gasteiger charge is 2.36. The van der Waals surface area contributed by atoms with Crippen LogP contribution in [-0.4, -0.2) is 40.8 Å².